The predicted octanol–water partition coefficient (Wildman–Crippen LogP) is 2.25. The van der Waals surface area contributed by atoms with E-state index in [9.17, 15) is 5.11 Å². The van der Waals surface area contributed by atoms with Crippen LogP contribution in [-0.2, 0) is 6.42 Å². The van der Waals surface area contributed by atoms with Crippen molar-refractivity contribution in [3.05, 3.63) is 59.4 Å². The van der Waals surface area contributed by atoms with Gasteiger partial charge in [0.2, 0.25) is 0 Å². The molecule has 1 aromatic carbocycles. The molecule has 0 saturated heterocycles. The number of aromatic hydroxyl groups is 1. The van der Waals surface area contributed by atoms with E-state index in [1.165, 1.54) is 0 Å². The van der Waals surface area contributed by atoms with Gasteiger partial charge in [-0.15, -0.1) is 0 Å². The number of hydrogen-bond acceptors (Lipinski definition) is 3. The van der Waals surface area contributed by atoms with Gasteiger partial charge >= 0.3 is 0 Å². The fraction of sp³-hybridized carbons (Fsp3) is 0.0769. The van der Waals surface area contributed by atoms with Crippen molar-refractivity contribution in [1.82, 2.24) is 4.98 Å². The second kappa shape index (κ2) is 4.45. The quantitative estimate of drug-likeness (QED) is 0.827. The average Bonchev–Trinajstić information content (AvgIpc) is 2.33. The zero-order valence-electron chi connectivity index (χ0n) is 8.59. The summed E-state index contributed by atoms with van der Waals surface area (Å²) in [5.74, 6) is 0.201. The van der Waals surface area contributed by atoms with E-state index in [1.54, 1.807) is 30.5 Å². The largest absolute Gasteiger partial charge is 0.506 e. The average molecular weight is 210 g/mol. The van der Waals surface area contributed by atoms with Crippen LogP contribution in [0.3, 0.4) is 0 Å². The number of nitriles is 1. The molecule has 2 rings (SSSR count). The standard InChI is InChI=1S/C13H10N2O/c14-9-11-5-3-10(4-6-11)8-12-13(16)2-1-7-15-12/h1-7,16H,8H2. The van der Waals surface area contributed by atoms with E-state index in [0.717, 1.165) is 5.56 Å². The van der Waals surface area contributed by atoms with E-state index >= 15 is 0 Å². The third-order valence-corrected chi connectivity index (χ3v) is 2.32. The Balaban J connectivity index is 2.22. The number of benzene rings is 1. The van der Waals surface area contributed by atoms with Crippen LogP contribution in [-0.4, -0.2) is 10.1 Å². The van der Waals surface area contributed by atoms with Crippen LogP contribution in [0.2, 0.25) is 0 Å². The van der Waals surface area contributed by atoms with Crippen LogP contribution in [0.4, 0.5) is 0 Å². The van der Waals surface area contributed by atoms with Gasteiger partial charge in [0.25, 0.3) is 0 Å². The highest BCUT2D eigenvalue weighted by Crippen LogP contribution is 2.17. The van der Waals surface area contributed by atoms with Crippen molar-refractivity contribution in [3.8, 4) is 11.8 Å². The summed E-state index contributed by atoms with van der Waals surface area (Å²) in [5, 5.41) is 18.2. The van der Waals surface area contributed by atoms with Gasteiger partial charge in [-0.25, -0.2) is 0 Å². The third-order valence-electron chi connectivity index (χ3n) is 2.32. The van der Waals surface area contributed by atoms with Gasteiger partial charge in [-0.2, -0.15) is 5.26 Å². The Morgan fingerprint density at radius 2 is 1.94 bits per heavy atom. The van der Waals surface area contributed by atoms with Crippen LogP contribution in [0.15, 0.2) is 42.6 Å². The summed E-state index contributed by atoms with van der Waals surface area (Å²) in [6, 6.07) is 12.6. The summed E-state index contributed by atoms with van der Waals surface area (Å²) in [5.41, 5.74) is 2.30. The molecule has 0 aliphatic carbocycles. The monoisotopic (exact) mass is 210 g/mol. The molecule has 1 aromatic heterocycles. The van der Waals surface area contributed by atoms with E-state index in [-0.39, 0.29) is 5.75 Å². The molecule has 0 radical (unpaired) electrons. The summed E-state index contributed by atoms with van der Waals surface area (Å²) < 4.78 is 0. The van der Waals surface area contributed by atoms with Gasteiger partial charge in [-0.1, -0.05) is 12.1 Å². The summed E-state index contributed by atoms with van der Waals surface area (Å²) in [4.78, 5) is 4.10. The Morgan fingerprint density at radius 1 is 1.19 bits per heavy atom. The first-order valence-electron chi connectivity index (χ1n) is 4.91. The lowest BCUT2D eigenvalue weighted by Gasteiger charge is -2.03. The van der Waals surface area contributed by atoms with Gasteiger partial charge in [0.05, 0.1) is 17.3 Å². The molecular weight excluding hydrogens is 200 g/mol. The lowest BCUT2D eigenvalue weighted by Crippen LogP contribution is -1.92. The number of aromatic nitrogens is 1. The first kappa shape index (κ1) is 10.2. The van der Waals surface area contributed by atoms with Crippen LogP contribution in [0.1, 0.15) is 16.8 Å². The Bertz CT molecular complexity index is 526. The highest BCUT2D eigenvalue weighted by atomic mass is 16.3. The first-order chi connectivity index (χ1) is 7.79. The summed E-state index contributed by atoms with van der Waals surface area (Å²) in [6.07, 6.45) is 2.22. The summed E-state index contributed by atoms with van der Waals surface area (Å²) >= 11 is 0. The maximum Gasteiger partial charge on any atom is 0.137 e. The molecule has 3 heteroatoms. The van der Waals surface area contributed by atoms with Crippen molar-refractivity contribution in [3.63, 3.8) is 0 Å². The SMILES string of the molecule is N#Cc1ccc(Cc2ncccc2O)cc1. The molecule has 0 unspecified atom stereocenters. The molecule has 0 spiro atoms. The minimum Gasteiger partial charge on any atom is -0.506 e. The maximum absolute atomic E-state index is 9.56. The molecule has 1 N–H and O–H groups in total. The Labute approximate surface area is 93.6 Å². The minimum atomic E-state index is 0.201. The van der Waals surface area contributed by atoms with Crippen LogP contribution in [0.5, 0.6) is 5.75 Å². The van der Waals surface area contributed by atoms with Crippen LogP contribution < -0.4 is 0 Å². The zero-order chi connectivity index (χ0) is 11.4. The van der Waals surface area contributed by atoms with Crippen molar-refractivity contribution in [1.29, 1.82) is 5.26 Å². The molecule has 1 heterocycles. The molecule has 0 aliphatic heterocycles. The van der Waals surface area contributed by atoms with Gasteiger partial charge < -0.3 is 5.11 Å². The van der Waals surface area contributed by atoms with E-state index < -0.39 is 0 Å². The Hall–Kier alpha value is -2.34. The van der Waals surface area contributed by atoms with E-state index in [4.69, 9.17) is 5.26 Å². The molecule has 0 amide bonds. The normalized spacial score (nSPS) is 9.69. The van der Waals surface area contributed by atoms with Gasteiger partial charge in [0.1, 0.15) is 5.75 Å². The van der Waals surface area contributed by atoms with Gasteiger partial charge in [-0.3, -0.25) is 4.98 Å². The number of nitrogens with zero attached hydrogens (tertiary/aromatic N) is 2. The fourth-order valence-corrected chi connectivity index (χ4v) is 1.46. The second-order valence-corrected chi connectivity index (χ2v) is 3.45. The van der Waals surface area contributed by atoms with E-state index in [1.807, 2.05) is 12.1 Å². The molecule has 0 fully saturated rings. The number of hydrogen-bond donors (Lipinski definition) is 1. The number of pyridine rings is 1. The predicted molar refractivity (Wildman–Crippen MR) is 59.9 cm³/mol. The number of rotatable bonds is 2. The van der Waals surface area contributed by atoms with Crippen molar-refractivity contribution in [2.75, 3.05) is 0 Å². The minimum absolute atomic E-state index is 0.201. The zero-order valence-corrected chi connectivity index (χ0v) is 8.59. The van der Waals surface area contributed by atoms with Crippen LogP contribution >= 0.6 is 0 Å². The highest BCUT2D eigenvalue weighted by molar-refractivity contribution is 5.35. The van der Waals surface area contributed by atoms with Gasteiger partial charge in [0, 0.05) is 12.6 Å². The molecule has 0 atom stereocenters. The molecule has 16 heavy (non-hydrogen) atoms. The van der Waals surface area contributed by atoms with Crippen molar-refractivity contribution < 1.29 is 5.11 Å². The topological polar surface area (TPSA) is 56.9 Å². The molecule has 2 aromatic rings. The maximum atomic E-state index is 9.56. The molecular formula is C13H10N2O. The smallest absolute Gasteiger partial charge is 0.137 e. The van der Waals surface area contributed by atoms with Crippen molar-refractivity contribution >= 4 is 0 Å². The van der Waals surface area contributed by atoms with Crippen LogP contribution in [0.25, 0.3) is 0 Å². The van der Waals surface area contributed by atoms with Crippen molar-refractivity contribution in [2.45, 2.75) is 6.42 Å². The lowest BCUT2D eigenvalue weighted by atomic mass is 10.1. The molecule has 0 bridgehead atoms. The molecule has 0 aliphatic rings. The fourth-order valence-electron chi connectivity index (χ4n) is 1.46. The lowest BCUT2D eigenvalue weighted by molar-refractivity contribution is 0.465. The molecule has 0 saturated carbocycles. The highest BCUT2D eigenvalue weighted by Gasteiger charge is 2.02. The van der Waals surface area contributed by atoms with E-state index in [0.29, 0.717) is 17.7 Å². The summed E-state index contributed by atoms with van der Waals surface area (Å²) in [7, 11) is 0. The van der Waals surface area contributed by atoms with E-state index in [2.05, 4.69) is 11.1 Å². The Morgan fingerprint density at radius 3 is 2.56 bits per heavy atom. The first-order valence-corrected chi connectivity index (χ1v) is 4.91. The summed E-state index contributed by atoms with van der Waals surface area (Å²) in [6.45, 7) is 0. The van der Waals surface area contributed by atoms with Crippen LogP contribution in [0, 0.1) is 11.3 Å². The van der Waals surface area contributed by atoms with Crippen molar-refractivity contribution in [2.24, 2.45) is 0 Å². The van der Waals surface area contributed by atoms with Gasteiger partial charge in [-0.05, 0) is 29.8 Å². The molecule has 78 valence electrons. The second-order valence-electron chi connectivity index (χ2n) is 3.45. The molecule has 3 nitrogen and oxygen atoms in total. The Kier molecular flexibility index (Phi) is 2.84. The van der Waals surface area contributed by atoms with Gasteiger partial charge in [0.15, 0.2) is 0 Å². The third kappa shape index (κ3) is 2.18.